The molecule has 2 rings (SSSR count). The van der Waals surface area contributed by atoms with Crippen LogP contribution in [0.5, 0.6) is 5.75 Å². The minimum atomic E-state index is -3.95. The van der Waals surface area contributed by atoms with Crippen molar-refractivity contribution in [2.75, 3.05) is 11.8 Å². The molecule has 0 unspecified atom stereocenters. The maximum atomic E-state index is 12.3. The van der Waals surface area contributed by atoms with E-state index in [0.717, 1.165) is 0 Å². The van der Waals surface area contributed by atoms with E-state index in [9.17, 15) is 13.2 Å². The summed E-state index contributed by atoms with van der Waals surface area (Å²) in [7, 11) is -2.54. The Morgan fingerprint density at radius 3 is 2.81 bits per heavy atom. The number of carbonyl (C=O) groups is 1. The Kier molecular flexibility index (Phi) is 4.13. The Bertz CT molecular complexity index is 740. The number of H-pyrrole nitrogens is 1. The number of carboxylic acid groups (broad SMARTS) is 1. The summed E-state index contributed by atoms with van der Waals surface area (Å²) >= 11 is 0. The number of aliphatic carboxylic acids is 1. The number of carboxylic acids is 1. The van der Waals surface area contributed by atoms with E-state index >= 15 is 0 Å². The van der Waals surface area contributed by atoms with E-state index < -0.39 is 22.4 Å². The van der Waals surface area contributed by atoms with Gasteiger partial charge in [0.25, 0.3) is 10.0 Å². The van der Waals surface area contributed by atoms with Gasteiger partial charge in [-0.2, -0.15) is 0 Å². The second kappa shape index (κ2) is 5.83. The molecular weight excluding hydrogens is 298 g/mol. The lowest BCUT2D eigenvalue weighted by Gasteiger charge is -2.11. The number of aromatic amines is 1. The molecular formula is C12H13N3O5S. The molecule has 1 aromatic heterocycles. The van der Waals surface area contributed by atoms with Crippen molar-refractivity contribution in [3.8, 4) is 5.75 Å². The minimum Gasteiger partial charge on any atom is -0.497 e. The second-order valence-corrected chi connectivity index (χ2v) is 5.74. The molecule has 0 spiro atoms. The van der Waals surface area contributed by atoms with E-state index in [1.54, 1.807) is 0 Å². The van der Waals surface area contributed by atoms with Crippen molar-refractivity contribution in [2.45, 2.75) is 11.3 Å². The quantitative estimate of drug-likeness (QED) is 0.727. The molecule has 0 aliphatic heterocycles. The number of anilines is 1. The van der Waals surface area contributed by atoms with Crippen molar-refractivity contribution in [2.24, 2.45) is 0 Å². The largest absolute Gasteiger partial charge is 0.497 e. The number of sulfonamides is 1. The number of imidazole rings is 1. The van der Waals surface area contributed by atoms with E-state index in [4.69, 9.17) is 9.84 Å². The van der Waals surface area contributed by atoms with Gasteiger partial charge in [0.15, 0.2) is 0 Å². The van der Waals surface area contributed by atoms with Gasteiger partial charge in [-0.05, 0) is 23.8 Å². The molecule has 0 saturated heterocycles. The first kappa shape index (κ1) is 14.9. The first-order valence-electron chi connectivity index (χ1n) is 5.83. The van der Waals surface area contributed by atoms with Crippen LogP contribution < -0.4 is 9.46 Å². The maximum Gasteiger partial charge on any atom is 0.307 e. The monoisotopic (exact) mass is 311 g/mol. The zero-order valence-electron chi connectivity index (χ0n) is 11.0. The van der Waals surface area contributed by atoms with Crippen molar-refractivity contribution in [3.63, 3.8) is 0 Å². The molecule has 1 aromatic carbocycles. The lowest BCUT2D eigenvalue weighted by Crippen LogP contribution is -2.17. The highest BCUT2D eigenvalue weighted by Gasteiger charge is 2.21. The molecule has 21 heavy (non-hydrogen) atoms. The topological polar surface area (TPSA) is 121 Å². The molecule has 0 aliphatic rings. The molecule has 0 saturated carbocycles. The summed E-state index contributed by atoms with van der Waals surface area (Å²) in [5, 5.41) is 8.90. The lowest BCUT2D eigenvalue weighted by molar-refractivity contribution is -0.136. The van der Waals surface area contributed by atoms with E-state index in [-0.39, 0.29) is 16.4 Å². The van der Waals surface area contributed by atoms with Crippen LogP contribution in [-0.2, 0) is 21.2 Å². The van der Waals surface area contributed by atoms with Gasteiger partial charge in [0.05, 0.1) is 18.4 Å². The van der Waals surface area contributed by atoms with Gasteiger partial charge in [0.2, 0.25) is 5.95 Å². The minimum absolute atomic E-state index is 0.0482. The Balaban J connectivity index is 2.43. The van der Waals surface area contributed by atoms with Gasteiger partial charge < -0.3 is 14.8 Å². The Morgan fingerprint density at radius 1 is 1.48 bits per heavy atom. The van der Waals surface area contributed by atoms with E-state index in [1.165, 1.54) is 37.7 Å². The summed E-state index contributed by atoms with van der Waals surface area (Å²) in [4.78, 5) is 17.1. The molecule has 0 amide bonds. The van der Waals surface area contributed by atoms with Crippen LogP contribution in [0.2, 0.25) is 0 Å². The third-order valence-electron chi connectivity index (χ3n) is 2.63. The molecule has 8 nitrogen and oxygen atoms in total. The van der Waals surface area contributed by atoms with Gasteiger partial charge in [-0.1, -0.05) is 0 Å². The molecule has 0 aliphatic carbocycles. The lowest BCUT2D eigenvalue weighted by atomic mass is 10.1. The average molecular weight is 311 g/mol. The van der Waals surface area contributed by atoms with Crippen LogP contribution in [0.3, 0.4) is 0 Å². The van der Waals surface area contributed by atoms with Crippen LogP contribution in [-0.4, -0.2) is 36.6 Å². The van der Waals surface area contributed by atoms with Crippen molar-refractivity contribution >= 4 is 21.9 Å². The Morgan fingerprint density at radius 2 is 2.24 bits per heavy atom. The number of nitrogens with one attached hydrogen (secondary N) is 2. The fourth-order valence-electron chi connectivity index (χ4n) is 1.75. The fourth-order valence-corrected chi connectivity index (χ4v) is 2.95. The van der Waals surface area contributed by atoms with E-state index in [1.807, 2.05) is 0 Å². The third-order valence-corrected chi connectivity index (χ3v) is 4.07. The van der Waals surface area contributed by atoms with Crippen molar-refractivity contribution < 1.29 is 23.1 Å². The number of benzene rings is 1. The average Bonchev–Trinajstić information content (AvgIpc) is 2.89. The predicted molar refractivity (Wildman–Crippen MR) is 73.7 cm³/mol. The van der Waals surface area contributed by atoms with Gasteiger partial charge in [-0.25, -0.2) is 18.1 Å². The van der Waals surface area contributed by atoms with Gasteiger partial charge in [0.1, 0.15) is 5.75 Å². The van der Waals surface area contributed by atoms with Gasteiger partial charge in [-0.3, -0.25) is 4.79 Å². The van der Waals surface area contributed by atoms with Crippen molar-refractivity contribution in [1.82, 2.24) is 9.97 Å². The molecule has 112 valence electrons. The fraction of sp³-hybridized carbons (Fsp3) is 0.167. The summed E-state index contributed by atoms with van der Waals surface area (Å²) in [5.74, 6) is -0.715. The first-order chi connectivity index (χ1) is 9.92. The van der Waals surface area contributed by atoms with Crippen LogP contribution in [0.15, 0.2) is 35.5 Å². The smallest absolute Gasteiger partial charge is 0.307 e. The zero-order valence-corrected chi connectivity index (χ0v) is 11.8. The molecule has 2 aromatic rings. The molecule has 3 N–H and O–H groups in total. The number of ether oxygens (including phenoxy) is 1. The second-order valence-electron chi connectivity index (χ2n) is 4.09. The Labute approximate surface area is 120 Å². The normalized spacial score (nSPS) is 11.1. The molecule has 0 fully saturated rings. The van der Waals surface area contributed by atoms with Gasteiger partial charge in [-0.15, -0.1) is 0 Å². The number of aromatic nitrogens is 2. The summed E-state index contributed by atoms with van der Waals surface area (Å²) in [6.45, 7) is 0. The maximum absolute atomic E-state index is 12.3. The summed E-state index contributed by atoms with van der Waals surface area (Å²) in [6, 6.07) is 4.12. The van der Waals surface area contributed by atoms with E-state index in [0.29, 0.717) is 5.75 Å². The third kappa shape index (κ3) is 3.51. The number of nitrogens with zero attached hydrogens (tertiary/aromatic N) is 1. The first-order valence-corrected chi connectivity index (χ1v) is 7.31. The van der Waals surface area contributed by atoms with Crippen molar-refractivity contribution in [1.29, 1.82) is 0 Å². The van der Waals surface area contributed by atoms with Crippen LogP contribution in [0, 0.1) is 0 Å². The standard InChI is InChI=1S/C12H13N3O5S/c1-20-9-2-3-10(8(6-9)7-11(16)17)21(18,19)15-12-13-4-5-14-12/h2-6H,7H2,1H3,(H,16,17)(H2,13,14,15). The highest BCUT2D eigenvalue weighted by molar-refractivity contribution is 7.92. The van der Waals surface area contributed by atoms with Crippen LogP contribution in [0.1, 0.15) is 5.56 Å². The highest BCUT2D eigenvalue weighted by atomic mass is 32.2. The Hall–Kier alpha value is -2.55. The summed E-state index contributed by atoms with van der Waals surface area (Å²) in [6.07, 6.45) is 2.42. The molecule has 9 heteroatoms. The predicted octanol–water partition coefficient (Wildman–Crippen LogP) is 0.846. The molecule has 0 atom stereocenters. The number of methoxy groups -OCH3 is 1. The molecule has 0 bridgehead atoms. The number of rotatable bonds is 6. The molecule has 1 heterocycles. The van der Waals surface area contributed by atoms with Crippen LogP contribution in [0.4, 0.5) is 5.95 Å². The SMILES string of the molecule is COc1ccc(S(=O)(=O)Nc2ncc[nH]2)c(CC(=O)O)c1. The van der Waals surface area contributed by atoms with Crippen LogP contribution >= 0.6 is 0 Å². The zero-order chi connectivity index (χ0) is 15.5. The van der Waals surface area contributed by atoms with E-state index in [2.05, 4.69) is 14.7 Å². The number of hydrogen-bond donors (Lipinski definition) is 3. The molecule has 0 radical (unpaired) electrons. The summed E-state index contributed by atoms with van der Waals surface area (Å²) < 4.78 is 31.8. The highest BCUT2D eigenvalue weighted by Crippen LogP contribution is 2.23. The summed E-state index contributed by atoms with van der Waals surface area (Å²) in [5.41, 5.74) is 0.126. The van der Waals surface area contributed by atoms with Gasteiger partial charge in [0, 0.05) is 12.4 Å². The van der Waals surface area contributed by atoms with Crippen molar-refractivity contribution in [3.05, 3.63) is 36.2 Å². The van der Waals surface area contributed by atoms with Gasteiger partial charge >= 0.3 is 5.97 Å². The van der Waals surface area contributed by atoms with Crippen LogP contribution in [0.25, 0.3) is 0 Å². The number of hydrogen-bond acceptors (Lipinski definition) is 5.